The summed E-state index contributed by atoms with van der Waals surface area (Å²) in [4.78, 5) is 6.96. The smallest absolute Gasteiger partial charge is 0.0467 e. The molecule has 0 saturated heterocycles. The predicted octanol–water partition coefficient (Wildman–Crippen LogP) is 18.0. The lowest BCUT2D eigenvalue weighted by molar-refractivity contribution is 1.27. The third-order valence-corrected chi connectivity index (χ3v) is 12.0. The van der Waals surface area contributed by atoms with Crippen molar-refractivity contribution >= 4 is 75.5 Å². The Hall–Kier alpha value is -8.14. The van der Waals surface area contributed by atoms with Gasteiger partial charge in [-0.2, -0.15) is 0 Å². The van der Waals surface area contributed by atoms with Gasteiger partial charge in [0.2, 0.25) is 0 Å². The van der Waals surface area contributed by atoms with Gasteiger partial charge in [0.1, 0.15) is 0 Å². The summed E-state index contributed by atoms with van der Waals surface area (Å²) >= 11 is 0. The molecule has 322 valence electrons. The summed E-state index contributed by atoms with van der Waals surface area (Å²) in [7, 11) is 0. The van der Waals surface area contributed by atoms with Crippen LogP contribution in [0.25, 0.3) is 24.3 Å². The van der Waals surface area contributed by atoms with Gasteiger partial charge in [-0.05, 0) is 166 Å². The Labute approximate surface area is 391 Å². The average Bonchev–Trinajstić information content (AvgIpc) is 3.34. The minimum Gasteiger partial charge on any atom is -0.311 e. The van der Waals surface area contributed by atoms with Crippen molar-refractivity contribution in [1.29, 1.82) is 0 Å². The fraction of sp³-hybridized carbons (Fsp3) is 0.0794. The summed E-state index contributed by atoms with van der Waals surface area (Å²) in [5.41, 5.74) is 20.8. The molecule has 9 rings (SSSR count). The van der Waals surface area contributed by atoms with E-state index >= 15 is 0 Å². The van der Waals surface area contributed by atoms with E-state index in [0.29, 0.717) is 0 Å². The van der Waals surface area contributed by atoms with Crippen LogP contribution in [0.1, 0.15) is 50.1 Å². The van der Waals surface area contributed by atoms with E-state index in [1.807, 2.05) is 0 Å². The Balaban J connectivity index is 0.945. The van der Waals surface area contributed by atoms with Crippen LogP contribution in [-0.4, -0.2) is 0 Å². The Morgan fingerprint density at radius 1 is 0.212 bits per heavy atom. The maximum absolute atomic E-state index is 2.32. The summed E-state index contributed by atoms with van der Waals surface area (Å²) in [5.74, 6) is 0. The van der Waals surface area contributed by atoms with E-state index in [1.54, 1.807) is 0 Å². The molecule has 3 nitrogen and oxygen atoms in total. The number of aryl methyl sites for hydroxylation is 5. The van der Waals surface area contributed by atoms with E-state index in [9.17, 15) is 0 Å². The predicted molar refractivity (Wildman–Crippen MR) is 285 cm³/mol. The zero-order valence-electron chi connectivity index (χ0n) is 38.4. The molecule has 9 aromatic carbocycles. The topological polar surface area (TPSA) is 9.72 Å². The molecule has 0 atom stereocenters. The molecule has 0 radical (unpaired) electrons. The second-order valence-corrected chi connectivity index (χ2v) is 17.2. The van der Waals surface area contributed by atoms with Crippen molar-refractivity contribution in [3.8, 4) is 0 Å². The molecule has 0 aliphatic rings. The molecule has 0 aliphatic carbocycles. The standard InChI is InChI=1S/C63H55N3/c1-46-12-30-55(31-13-46)64(60-40-26-51(27-41-60)22-24-53-8-6-10-62(44-53)65(56-32-14-47(2)15-33-56)57-34-16-48(3)17-35-57)61-42-28-52(29-43-61)23-25-54-9-7-11-63(45-54)66(58-36-18-49(4)19-37-58)59-38-20-50(5)21-39-59/h6-45H,1-5H3. The molecular formula is C63H55N3. The number of rotatable bonds is 13. The molecule has 0 N–H and O–H groups in total. The first-order valence-corrected chi connectivity index (χ1v) is 22.7. The summed E-state index contributed by atoms with van der Waals surface area (Å²) < 4.78 is 0. The van der Waals surface area contributed by atoms with E-state index < -0.39 is 0 Å². The highest BCUT2D eigenvalue weighted by atomic mass is 15.2. The van der Waals surface area contributed by atoms with E-state index in [0.717, 1.165) is 73.4 Å². The first-order chi connectivity index (χ1) is 32.2. The summed E-state index contributed by atoms with van der Waals surface area (Å²) in [6.07, 6.45) is 8.79. The summed E-state index contributed by atoms with van der Waals surface area (Å²) in [6.45, 7) is 10.6. The zero-order chi connectivity index (χ0) is 45.4. The summed E-state index contributed by atoms with van der Waals surface area (Å²) in [6, 6.07) is 78.8. The van der Waals surface area contributed by atoms with Crippen LogP contribution in [0.3, 0.4) is 0 Å². The Morgan fingerprint density at radius 2 is 0.424 bits per heavy atom. The highest BCUT2D eigenvalue weighted by molar-refractivity contribution is 5.83. The summed E-state index contributed by atoms with van der Waals surface area (Å²) in [5, 5.41) is 0. The van der Waals surface area contributed by atoms with Crippen LogP contribution in [0, 0.1) is 34.6 Å². The number of hydrogen-bond acceptors (Lipinski definition) is 3. The lowest BCUT2D eigenvalue weighted by Gasteiger charge is -2.26. The van der Waals surface area contributed by atoms with E-state index in [4.69, 9.17) is 0 Å². The quantitative estimate of drug-likeness (QED) is 0.107. The second kappa shape index (κ2) is 19.7. The molecule has 0 unspecified atom stereocenters. The van der Waals surface area contributed by atoms with Crippen LogP contribution in [0.2, 0.25) is 0 Å². The maximum Gasteiger partial charge on any atom is 0.0467 e. The first kappa shape index (κ1) is 43.1. The van der Waals surface area contributed by atoms with E-state index in [-0.39, 0.29) is 0 Å². The Bertz CT molecular complexity index is 2790. The van der Waals surface area contributed by atoms with Gasteiger partial charge in [0, 0.05) is 51.2 Å². The van der Waals surface area contributed by atoms with Gasteiger partial charge in [-0.25, -0.2) is 0 Å². The highest BCUT2D eigenvalue weighted by Gasteiger charge is 2.15. The molecule has 0 aliphatic heterocycles. The molecule has 3 heteroatoms. The Morgan fingerprint density at radius 3 is 0.682 bits per heavy atom. The van der Waals surface area contributed by atoms with Crippen LogP contribution in [0.4, 0.5) is 51.2 Å². The van der Waals surface area contributed by atoms with Crippen molar-refractivity contribution in [2.24, 2.45) is 0 Å². The van der Waals surface area contributed by atoms with Gasteiger partial charge < -0.3 is 14.7 Å². The molecule has 0 spiro atoms. The van der Waals surface area contributed by atoms with Crippen molar-refractivity contribution in [3.63, 3.8) is 0 Å². The van der Waals surface area contributed by atoms with Crippen LogP contribution in [-0.2, 0) is 0 Å². The van der Waals surface area contributed by atoms with Gasteiger partial charge in [-0.15, -0.1) is 0 Å². The SMILES string of the molecule is Cc1ccc(N(c2ccc(C=Cc3cccc(N(c4ccc(C)cc4)c4ccc(C)cc4)c3)cc2)c2ccc(C=Cc3cccc(N(c4ccc(C)cc4)c4ccc(C)cc4)c3)cc2)cc1. The van der Waals surface area contributed by atoms with E-state index in [1.165, 1.54) is 27.8 Å². The second-order valence-electron chi connectivity index (χ2n) is 17.2. The third-order valence-electron chi connectivity index (χ3n) is 12.0. The van der Waals surface area contributed by atoms with Crippen LogP contribution >= 0.6 is 0 Å². The lowest BCUT2D eigenvalue weighted by atomic mass is 10.1. The van der Waals surface area contributed by atoms with Gasteiger partial charge >= 0.3 is 0 Å². The monoisotopic (exact) mass is 853 g/mol. The van der Waals surface area contributed by atoms with Gasteiger partial charge in [0.05, 0.1) is 0 Å². The molecule has 66 heavy (non-hydrogen) atoms. The van der Waals surface area contributed by atoms with Crippen LogP contribution < -0.4 is 14.7 Å². The van der Waals surface area contributed by atoms with Gasteiger partial charge in [0.25, 0.3) is 0 Å². The fourth-order valence-electron chi connectivity index (χ4n) is 8.20. The van der Waals surface area contributed by atoms with Crippen LogP contribution in [0.5, 0.6) is 0 Å². The molecular weight excluding hydrogens is 799 g/mol. The van der Waals surface area contributed by atoms with Crippen molar-refractivity contribution in [2.45, 2.75) is 34.6 Å². The zero-order valence-corrected chi connectivity index (χ0v) is 38.4. The minimum absolute atomic E-state index is 1.09. The van der Waals surface area contributed by atoms with Crippen LogP contribution in [0.15, 0.2) is 218 Å². The van der Waals surface area contributed by atoms with E-state index in [2.05, 4.69) is 292 Å². The molecule has 0 aromatic heterocycles. The number of nitrogens with zero attached hydrogens (tertiary/aromatic N) is 3. The molecule has 9 aromatic rings. The Kier molecular flexibility index (Phi) is 12.9. The molecule has 0 amide bonds. The van der Waals surface area contributed by atoms with Gasteiger partial charge in [-0.3, -0.25) is 0 Å². The number of hydrogen-bond donors (Lipinski definition) is 0. The van der Waals surface area contributed by atoms with Gasteiger partial charge in [0.15, 0.2) is 0 Å². The first-order valence-electron chi connectivity index (χ1n) is 22.7. The molecule has 0 heterocycles. The van der Waals surface area contributed by atoms with Crippen molar-refractivity contribution < 1.29 is 0 Å². The van der Waals surface area contributed by atoms with Crippen molar-refractivity contribution in [2.75, 3.05) is 14.7 Å². The van der Waals surface area contributed by atoms with Crippen molar-refractivity contribution in [1.82, 2.24) is 0 Å². The largest absolute Gasteiger partial charge is 0.311 e. The number of benzene rings is 9. The fourth-order valence-corrected chi connectivity index (χ4v) is 8.20. The molecule has 0 fully saturated rings. The maximum atomic E-state index is 2.32. The minimum atomic E-state index is 1.09. The third kappa shape index (κ3) is 10.3. The van der Waals surface area contributed by atoms with Crippen molar-refractivity contribution in [3.05, 3.63) is 268 Å². The molecule has 0 saturated carbocycles. The average molecular weight is 854 g/mol. The lowest BCUT2D eigenvalue weighted by Crippen LogP contribution is -2.10. The molecule has 0 bridgehead atoms. The highest BCUT2D eigenvalue weighted by Crippen LogP contribution is 2.38. The number of anilines is 9. The normalized spacial score (nSPS) is 11.3. The van der Waals surface area contributed by atoms with Gasteiger partial charge in [-0.1, -0.05) is 161 Å².